The third-order valence-electron chi connectivity index (χ3n) is 8.41. The Morgan fingerprint density at radius 2 is 1.81 bits per heavy atom. The van der Waals surface area contributed by atoms with E-state index in [0.29, 0.717) is 23.5 Å². The lowest BCUT2D eigenvalue weighted by Gasteiger charge is -2.46. The minimum absolute atomic E-state index is 0.0235. The number of nitrogens with one attached hydrogen (secondary N) is 1. The van der Waals surface area contributed by atoms with Crippen molar-refractivity contribution in [3.8, 4) is 11.4 Å². The van der Waals surface area contributed by atoms with Crippen molar-refractivity contribution in [1.82, 2.24) is 19.2 Å². The van der Waals surface area contributed by atoms with Gasteiger partial charge in [0.1, 0.15) is 24.1 Å². The highest BCUT2D eigenvalue weighted by molar-refractivity contribution is 6.03. The van der Waals surface area contributed by atoms with Crippen LogP contribution in [0.15, 0.2) is 72.8 Å². The van der Waals surface area contributed by atoms with Gasteiger partial charge in [-0.2, -0.15) is 5.10 Å². The van der Waals surface area contributed by atoms with E-state index in [9.17, 15) is 9.59 Å². The van der Waals surface area contributed by atoms with Gasteiger partial charge in [0.25, 0.3) is 5.91 Å². The lowest BCUT2D eigenvalue weighted by molar-refractivity contribution is -0.116. The molecule has 2 amide bonds. The van der Waals surface area contributed by atoms with E-state index >= 15 is 0 Å². The normalized spacial score (nSPS) is 15.8. The van der Waals surface area contributed by atoms with Crippen molar-refractivity contribution in [1.29, 1.82) is 0 Å². The fourth-order valence-corrected chi connectivity index (χ4v) is 6.63. The minimum Gasteiger partial charge on any atom is -0.494 e. The molecule has 0 saturated heterocycles. The maximum Gasteiger partial charge on any atom is 0.257 e. The summed E-state index contributed by atoms with van der Waals surface area (Å²) in [5.41, 5.74) is 8.11. The van der Waals surface area contributed by atoms with Gasteiger partial charge in [0, 0.05) is 41.9 Å². The number of aryl methyl sites for hydroxylation is 2. The van der Waals surface area contributed by atoms with E-state index in [-0.39, 0.29) is 24.5 Å². The van der Waals surface area contributed by atoms with E-state index in [4.69, 9.17) is 4.74 Å². The molecule has 42 heavy (non-hydrogen) atoms. The number of hydrogen-bond donors (Lipinski definition) is 1. The predicted octanol–water partition coefficient (Wildman–Crippen LogP) is 5.24. The van der Waals surface area contributed by atoms with Crippen molar-refractivity contribution < 1.29 is 14.3 Å². The van der Waals surface area contributed by atoms with Crippen molar-refractivity contribution in [3.63, 3.8) is 0 Å². The number of carbonyl (C=O) groups excluding carboxylic acids is 2. The predicted molar refractivity (Wildman–Crippen MR) is 162 cm³/mol. The molecule has 4 heterocycles. The molecule has 1 unspecified atom stereocenters. The van der Waals surface area contributed by atoms with Crippen molar-refractivity contribution in [3.05, 3.63) is 101 Å². The van der Waals surface area contributed by atoms with Crippen molar-refractivity contribution in [2.24, 2.45) is 0 Å². The molecule has 1 N–H and O–H groups in total. The molecule has 2 aliphatic heterocycles. The Hall–Kier alpha value is -5.05. The Labute approximate surface area is 243 Å². The molecule has 9 heteroatoms. The first-order valence-corrected chi connectivity index (χ1v) is 14.1. The van der Waals surface area contributed by atoms with Crippen LogP contribution in [0.1, 0.15) is 39.2 Å². The molecule has 1 atom stereocenters. The summed E-state index contributed by atoms with van der Waals surface area (Å²) in [6, 6.07) is 23.5. The van der Waals surface area contributed by atoms with Crippen LogP contribution in [0, 0.1) is 13.8 Å². The summed E-state index contributed by atoms with van der Waals surface area (Å²) in [7, 11) is 3.64. The van der Waals surface area contributed by atoms with Gasteiger partial charge in [-0.25, -0.2) is 4.68 Å². The Kier molecular flexibility index (Phi) is 6.04. The molecule has 0 fully saturated rings. The van der Waals surface area contributed by atoms with E-state index in [1.807, 2.05) is 91.1 Å². The first kappa shape index (κ1) is 25.9. The van der Waals surface area contributed by atoms with Crippen LogP contribution in [0.4, 0.5) is 11.4 Å². The molecule has 0 spiro atoms. The summed E-state index contributed by atoms with van der Waals surface area (Å²) in [5, 5.41) is 8.76. The monoisotopic (exact) mass is 560 g/mol. The van der Waals surface area contributed by atoms with E-state index in [2.05, 4.69) is 32.0 Å². The fraction of sp³-hybridized carbons (Fsp3) is 0.242. The molecular weight excluding hydrogens is 528 g/mol. The number of amides is 2. The molecule has 5 aromatic rings. The number of anilines is 2. The maximum atomic E-state index is 13.6. The average molecular weight is 561 g/mol. The van der Waals surface area contributed by atoms with Gasteiger partial charge < -0.3 is 24.4 Å². The van der Waals surface area contributed by atoms with Gasteiger partial charge in [0.2, 0.25) is 5.91 Å². The summed E-state index contributed by atoms with van der Waals surface area (Å²) in [6.45, 7) is 4.67. The number of hydrogen-bond acceptors (Lipinski definition) is 5. The molecule has 3 aromatic carbocycles. The van der Waals surface area contributed by atoms with Crippen molar-refractivity contribution >= 4 is 34.1 Å². The van der Waals surface area contributed by atoms with Gasteiger partial charge in [-0.05, 0) is 62.2 Å². The van der Waals surface area contributed by atoms with E-state index in [1.54, 1.807) is 7.11 Å². The molecule has 2 aliphatic rings. The van der Waals surface area contributed by atoms with Gasteiger partial charge >= 0.3 is 0 Å². The minimum atomic E-state index is -0.309. The van der Waals surface area contributed by atoms with Crippen LogP contribution in [0.5, 0.6) is 5.75 Å². The fourth-order valence-electron chi connectivity index (χ4n) is 6.63. The number of nitrogens with zero attached hydrogens (tertiary/aromatic N) is 5. The van der Waals surface area contributed by atoms with Crippen molar-refractivity contribution in [2.45, 2.75) is 33.0 Å². The number of fused-ring (bicyclic) bond motifs is 6. The Morgan fingerprint density at radius 1 is 1.02 bits per heavy atom. The Morgan fingerprint density at radius 3 is 2.60 bits per heavy atom. The number of carbonyl (C=O) groups is 2. The molecule has 2 aromatic heterocycles. The van der Waals surface area contributed by atoms with Gasteiger partial charge in [-0.3, -0.25) is 9.59 Å². The summed E-state index contributed by atoms with van der Waals surface area (Å²) in [5.74, 6) is 0.469. The van der Waals surface area contributed by atoms with E-state index in [0.717, 1.165) is 45.8 Å². The molecule has 0 aliphatic carbocycles. The quantitative estimate of drug-likeness (QED) is 0.318. The largest absolute Gasteiger partial charge is 0.494 e. The highest BCUT2D eigenvalue weighted by Crippen LogP contribution is 2.44. The second kappa shape index (κ2) is 9.80. The first-order chi connectivity index (χ1) is 20.4. The van der Waals surface area contributed by atoms with Crippen LogP contribution in [-0.4, -0.2) is 51.8 Å². The number of rotatable bonds is 5. The van der Waals surface area contributed by atoms with Crippen LogP contribution < -0.4 is 15.0 Å². The highest BCUT2D eigenvalue weighted by atomic mass is 16.5. The highest BCUT2D eigenvalue weighted by Gasteiger charge is 2.42. The van der Waals surface area contributed by atoms with Crippen LogP contribution in [-0.2, 0) is 17.8 Å². The molecule has 7 rings (SSSR count). The summed E-state index contributed by atoms with van der Waals surface area (Å²) < 4.78 is 9.59. The van der Waals surface area contributed by atoms with Gasteiger partial charge in [-0.1, -0.05) is 30.3 Å². The second-order valence-corrected chi connectivity index (χ2v) is 11.0. The zero-order chi connectivity index (χ0) is 29.1. The number of ether oxygens (including phenoxy) is 1. The van der Waals surface area contributed by atoms with Gasteiger partial charge in [-0.15, -0.1) is 0 Å². The standard InChI is InChI=1S/C33H32N6O3/c1-20-17-21(2)39(35-20)28-14-13-22(18-29(28)42-4)34-30(40)19-38-27-12-8-5-9-23(27)24-15-16-37-32(31(24)38)36(3)26-11-7-6-10-25(26)33(37)41/h5-14,17-18,32H,15-16,19H2,1-4H3,(H,34,40). The smallest absolute Gasteiger partial charge is 0.257 e. The number of aromatic nitrogens is 3. The third kappa shape index (κ3) is 3.95. The lowest BCUT2D eigenvalue weighted by Crippen LogP contribution is -2.51. The van der Waals surface area contributed by atoms with E-state index < -0.39 is 0 Å². The third-order valence-corrected chi connectivity index (χ3v) is 8.41. The van der Waals surface area contributed by atoms with Crippen LogP contribution in [0.2, 0.25) is 0 Å². The first-order valence-electron chi connectivity index (χ1n) is 14.1. The molecule has 0 saturated carbocycles. The Balaban J connectivity index is 1.25. The van der Waals surface area contributed by atoms with Crippen molar-refractivity contribution in [2.75, 3.05) is 30.9 Å². The SMILES string of the molecule is COc1cc(NC(=O)Cn2c3c(c4ccccc42)CCN2C(=O)c4ccccc4N(C)C32)ccc1-n1nc(C)cc1C. The number of para-hydroxylation sites is 2. The molecule has 212 valence electrons. The summed E-state index contributed by atoms with van der Waals surface area (Å²) in [4.78, 5) is 31.3. The number of methoxy groups -OCH3 is 1. The average Bonchev–Trinajstić information content (AvgIpc) is 3.51. The molecule has 0 bridgehead atoms. The van der Waals surface area contributed by atoms with Crippen LogP contribution in [0.25, 0.3) is 16.6 Å². The second-order valence-electron chi connectivity index (χ2n) is 11.0. The molecule has 0 radical (unpaired) electrons. The van der Waals surface area contributed by atoms with E-state index in [1.165, 1.54) is 5.56 Å². The van der Waals surface area contributed by atoms with Crippen LogP contribution in [0.3, 0.4) is 0 Å². The topological polar surface area (TPSA) is 84.6 Å². The lowest BCUT2D eigenvalue weighted by atomic mass is 9.96. The Bertz CT molecular complexity index is 1890. The zero-order valence-electron chi connectivity index (χ0n) is 24.1. The molecule has 9 nitrogen and oxygen atoms in total. The molecular formula is C33H32N6O3. The zero-order valence-corrected chi connectivity index (χ0v) is 24.1. The summed E-state index contributed by atoms with van der Waals surface area (Å²) in [6.07, 6.45) is 0.421. The van der Waals surface area contributed by atoms with Crippen LogP contribution >= 0.6 is 0 Å². The van der Waals surface area contributed by atoms with Gasteiger partial charge in [0.15, 0.2) is 0 Å². The number of benzene rings is 3. The summed E-state index contributed by atoms with van der Waals surface area (Å²) >= 11 is 0. The maximum absolute atomic E-state index is 13.6. The van der Waals surface area contributed by atoms with Gasteiger partial charge in [0.05, 0.1) is 29.7 Å².